The van der Waals surface area contributed by atoms with Gasteiger partial charge in [0.15, 0.2) is 5.82 Å². The fourth-order valence-electron chi connectivity index (χ4n) is 2.15. The lowest BCUT2D eigenvalue weighted by molar-refractivity contribution is 0.554. The Kier molecular flexibility index (Phi) is 2.81. The SMILES string of the molecule is CC(C)c1nc(N)cc(N2CCn3cnnc3C2)n1. The van der Waals surface area contributed by atoms with Crippen molar-refractivity contribution in [2.75, 3.05) is 17.2 Å². The molecule has 0 aromatic carbocycles. The second kappa shape index (κ2) is 4.49. The predicted molar refractivity (Wildman–Crippen MR) is 71.6 cm³/mol. The number of rotatable bonds is 2. The number of anilines is 2. The third-order valence-electron chi connectivity index (χ3n) is 3.23. The van der Waals surface area contributed by atoms with E-state index < -0.39 is 0 Å². The Balaban J connectivity index is 1.91. The van der Waals surface area contributed by atoms with Gasteiger partial charge in [0.2, 0.25) is 0 Å². The van der Waals surface area contributed by atoms with E-state index in [-0.39, 0.29) is 5.92 Å². The smallest absolute Gasteiger partial charge is 0.152 e. The van der Waals surface area contributed by atoms with E-state index in [1.165, 1.54) is 0 Å². The molecule has 3 heterocycles. The first-order valence-electron chi connectivity index (χ1n) is 6.39. The first-order valence-corrected chi connectivity index (χ1v) is 6.39. The Labute approximate surface area is 111 Å². The van der Waals surface area contributed by atoms with Crippen molar-refractivity contribution < 1.29 is 0 Å². The summed E-state index contributed by atoms with van der Waals surface area (Å²) in [6, 6.07) is 1.82. The van der Waals surface area contributed by atoms with Crippen molar-refractivity contribution in [1.82, 2.24) is 24.7 Å². The van der Waals surface area contributed by atoms with Gasteiger partial charge in [0.05, 0.1) is 6.54 Å². The molecular weight excluding hydrogens is 242 g/mol. The molecule has 2 aromatic rings. The average Bonchev–Trinajstić information content (AvgIpc) is 2.85. The van der Waals surface area contributed by atoms with Gasteiger partial charge >= 0.3 is 0 Å². The lowest BCUT2D eigenvalue weighted by Gasteiger charge is -2.28. The van der Waals surface area contributed by atoms with E-state index in [0.29, 0.717) is 12.4 Å². The molecule has 0 radical (unpaired) electrons. The highest BCUT2D eigenvalue weighted by molar-refractivity contribution is 5.47. The molecular formula is C12H17N7. The van der Waals surface area contributed by atoms with E-state index >= 15 is 0 Å². The average molecular weight is 259 g/mol. The minimum absolute atomic E-state index is 0.260. The minimum Gasteiger partial charge on any atom is -0.384 e. The van der Waals surface area contributed by atoms with E-state index in [1.54, 1.807) is 6.33 Å². The van der Waals surface area contributed by atoms with Crippen molar-refractivity contribution in [3.8, 4) is 0 Å². The summed E-state index contributed by atoms with van der Waals surface area (Å²) in [7, 11) is 0. The molecule has 2 aromatic heterocycles. The fourth-order valence-corrected chi connectivity index (χ4v) is 2.15. The maximum Gasteiger partial charge on any atom is 0.152 e. The van der Waals surface area contributed by atoms with Crippen LogP contribution in [-0.4, -0.2) is 31.3 Å². The van der Waals surface area contributed by atoms with Crippen molar-refractivity contribution in [1.29, 1.82) is 0 Å². The molecule has 0 saturated heterocycles. The molecule has 7 nitrogen and oxygen atoms in total. The lowest BCUT2D eigenvalue weighted by Crippen LogP contribution is -2.34. The van der Waals surface area contributed by atoms with E-state index in [0.717, 1.165) is 30.6 Å². The fraction of sp³-hybridized carbons (Fsp3) is 0.500. The summed E-state index contributed by atoms with van der Waals surface area (Å²) >= 11 is 0. The molecule has 19 heavy (non-hydrogen) atoms. The van der Waals surface area contributed by atoms with Gasteiger partial charge in [0, 0.05) is 25.1 Å². The highest BCUT2D eigenvalue weighted by Gasteiger charge is 2.20. The number of nitrogens with two attached hydrogens (primary N) is 1. The molecule has 3 rings (SSSR count). The predicted octanol–water partition coefficient (Wildman–Crippen LogP) is 0.794. The quantitative estimate of drug-likeness (QED) is 0.858. The third kappa shape index (κ3) is 2.23. The number of fused-ring (bicyclic) bond motifs is 1. The largest absolute Gasteiger partial charge is 0.384 e. The van der Waals surface area contributed by atoms with Crippen molar-refractivity contribution in [2.24, 2.45) is 0 Å². The summed E-state index contributed by atoms with van der Waals surface area (Å²) in [6.07, 6.45) is 1.76. The van der Waals surface area contributed by atoms with Gasteiger partial charge in [-0.3, -0.25) is 0 Å². The second-order valence-corrected chi connectivity index (χ2v) is 5.03. The van der Waals surface area contributed by atoms with Crippen LogP contribution in [0.15, 0.2) is 12.4 Å². The van der Waals surface area contributed by atoms with Crippen LogP contribution in [0.5, 0.6) is 0 Å². The number of hydrogen-bond donors (Lipinski definition) is 1. The zero-order valence-corrected chi connectivity index (χ0v) is 11.1. The van der Waals surface area contributed by atoms with Crippen LogP contribution >= 0.6 is 0 Å². The van der Waals surface area contributed by atoms with Gasteiger partial charge in [0.1, 0.15) is 23.8 Å². The molecule has 0 saturated carbocycles. The normalized spacial score (nSPS) is 14.8. The minimum atomic E-state index is 0.260. The zero-order chi connectivity index (χ0) is 13.4. The van der Waals surface area contributed by atoms with Gasteiger partial charge in [-0.15, -0.1) is 10.2 Å². The summed E-state index contributed by atoms with van der Waals surface area (Å²) in [5.74, 6) is 3.37. The van der Waals surface area contributed by atoms with E-state index in [1.807, 2.05) is 6.07 Å². The van der Waals surface area contributed by atoms with Crippen LogP contribution < -0.4 is 10.6 Å². The summed E-state index contributed by atoms with van der Waals surface area (Å²) in [5.41, 5.74) is 5.87. The topological polar surface area (TPSA) is 85.8 Å². The first-order chi connectivity index (χ1) is 9.13. The molecule has 100 valence electrons. The Morgan fingerprint density at radius 1 is 1.26 bits per heavy atom. The molecule has 0 unspecified atom stereocenters. The highest BCUT2D eigenvalue weighted by atomic mass is 15.3. The molecule has 1 aliphatic heterocycles. The van der Waals surface area contributed by atoms with E-state index in [9.17, 15) is 0 Å². The molecule has 0 aliphatic carbocycles. The monoisotopic (exact) mass is 259 g/mol. The van der Waals surface area contributed by atoms with Gasteiger partial charge in [-0.25, -0.2) is 9.97 Å². The van der Waals surface area contributed by atoms with Crippen LogP contribution in [0, 0.1) is 0 Å². The lowest BCUT2D eigenvalue weighted by atomic mass is 10.2. The summed E-state index contributed by atoms with van der Waals surface area (Å²) in [5, 5.41) is 8.03. The van der Waals surface area contributed by atoms with Crippen molar-refractivity contribution in [3.63, 3.8) is 0 Å². The highest BCUT2D eigenvalue weighted by Crippen LogP contribution is 2.21. The zero-order valence-electron chi connectivity index (χ0n) is 11.1. The Morgan fingerprint density at radius 3 is 2.89 bits per heavy atom. The van der Waals surface area contributed by atoms with Crippen LogP contribution in [0.3, 0.4) is 0 Å². The maximum absolute atomic E-state index is 5.87. The number of nitrogens with zero attached hydrogens (tertiary/aromatic N) is 6. The molecule has 0 amide bonds. The van der Waals surface area contributed by atoms with Crippen LogP contribution in [0.4, 0.5) is 11.6 Å². The molecule has 0 atom stereocenters. The molecule has 7 heteroatoms. The number of aromatic nitrogens is 5. The summed E-state index contributed by atoms with van der Waals surface area (Å²) in [6.45, 7) is 6.56. The third-order valence-corrected chi connectivity index (χ3v) is 3.23. The maximum atomic E-state index is 5.87. The number of nitrogen functional groups attached to an aromatic ring is 1. The van der Waals surface area contributed by atoms with Gasteiger partial charge in [0.25, 0.3) is 0 Å². The Morgan fingerprint density at radius 2 is 2.11 bits per heavy atom. The summed E-state index contributed by atoms with van der Waals surface area (Å²) < 4.78 is 2.06. The van der Waals surface area contributed by atoms with Gasteiger partial charge in [-0.1, -0.05) is 13.8 Å². The van der Waals surface area contributed by atoms with Gasteiger partial charge < -0.3 is 15.2 Å². The molecule has 0 bridgehead atoms. The Hall–Kier alpha value is -2.18. The van der Waals surface area contributed by atoms with Crippen LogP contribution in [0.25, 0.3) is 0 Å². The Bertz CT molecular complexity index is 590. The second-order valence-electron chi connectivity index (χ2n) is 5.03. The van der Waals surface area contributed by atoms with Crippen molar-refractivity contribution in [2.45, 2.75) is 32.9 Å². The van der Waals surface area contributed by atoms with E-state index in [2.05, 4.69) is 43.5 Å². The van der Waals surface area contributed by atoms with Crippen LogP contribution in [0.2, 0.25) is 0 Å². The van der Waals surface area contributed by atoms with Crippen LogP contribution in [0.1, 0.15) is 31.4 Å². The first kappa shape index (κ1) is 11.9. The molecule has 1 aliphatic rings. The molecule has 0 fully saturated rings. The standard InChI is InChI=1S/C12H17N7/c1-8(2)12-15-9(13)5-10(16-12)18-3-4-19-7-14-17-11(19)6-18/h5,7-8H,3-4,6H2,1-2H3,(H2,13,15,16). The number of hydrogen-bond acceptors (Lipinski definition) is 6. The molecule has 2 N–H and O–H groups in total. The van der Waals surface area contributed by atoms with Crippen molar-refractivity contribution >= 4 is 11.6 Å². The van der Waals surface area contributed by atoms with Gasteiger partial charge in [-0.2, -0.15) is 0 Å². The van der Waals surface area contributed by atoms with Gasteiger partial charge in [-0.05, 0) is 0 Å². The summed E-state index contributed by atoms with van der Waals surface area (Å²) in [4.78, 5) is 11.0. The molecule has 0 spiro atoms. The van der Waals surface area contributed by atoms with E-state index in [4.69, 9.17) is 5.73 Å². The van der Waals surface area contributed by atoms with Crippen LogP contribution in [-0.2, 0) is 13.1 Å². The van der Waals surface area contributed by atoms with Crippen molar-refractivity contribution in [3.05, 3.63) is 24.0 Å².